The summed E-state index contributed by atoms with van der Waals surface area (Å²) < 4.78 is 9.79. The summed E-state index contributed by atoms with van der Waals surface area (Å²) in [7, 11) is 0. The van der Waals surface area contributed by atoms with Gasteiger partial charge in [0.1, 0.15) is 0 Å². The number of carboxylic acids is 1. The second kappa shape index (κ2) is 6.02. The molecule has 1 aliphatic rings. The summed E-state index contributed by atoms with van der Waals surface area (Å²) in [4.78, 5) is 38.0. The molecule has 7 nitrogen and oxygen atoms in total. The van der Waals surface area contributed by atoms with Crippen molar-refractivity contribution in [1.29, 1.82) is 0 Å². The Morgan fingerprint density at radius 2 is 1.85 bits per heavy atom. The van der Waals surface area contributed by atoms with Crippen LogP contribution in [-0.4, -0.2) is 36.0 Å². The van der Waals surface area contributed by atoms with Crippen molar-refractivity contribution in [1.82, 2.24) is 0 Å². The van der Waals surface area contributed by atoms with Gasteiger partial charge in [-0.1, -0.05) is 13.8 Å². The normalized spacial score (nSPS) is 20.9. The van der Waals surface area contributed by atoms with Gasteiger partial charge in [-0.05, 0) is 12.3 Å². The zero-order chi connectivity index (χ0) is 15.5. The molecular formula is C13H18NO6-. The van der Waals surface area contributed by atoms with E-state index < -0.39 is 35.7 Å². The summed E-state index contributed by atoms with van der Waals surface area (Å²) in [5.41, 5.74) is 0. The van der Waals surface area contributed by atoms with E-state index in [0.717, 1.165) is 6.21 Å². The summed E-state index contributed by atoms with van der Waals surface area (Å²) in [6, 6.07) is -1.11. The largest absolute Gasteiger partial charge is 0.548 e. The molecular weight excluding hydrogens is 266 g/mol. The van der Waals surface area contributed by atoms with Crippen LogP contribution < -0.4 is 5.11 Å². The number of nitrogens with zero attached hydrogens (tertiary/aromatic N) is 1. The molecule has 0 amide bonds. The molecule has 1 rings (SSSR count). The first kappa shape index (κ1) is 16.1. The van der Waals surface area contributed by atoms with E-state index in [1.807, 2.05) is 13.8 Å². The molecule has 0 spiro atoms. The minimum absolute atomic E-state index is 0.0826. The lowest BCUT2D eigenvalue weighted by molar-refractivity contribution is -0.307. The average molecular weight is 284 g/mol. The van der Waals surface area contributed by atoms with Gasteiger partial charge in [-0.3, -0.25) is 14.6 Å². The number of esters is 2. The predicted octanol–water partition coefficient (Wildman–Crippen LogP) is -0.326. The Kier molecular flexibility index (Phi) is 4.86. The zero-order valence-corrected chi connectivity index (χ0v) is 11.9. The number of carbonyl (C=O) groups excluding carboxylic acids is 3. The van der Waals surface area contributed by atoms with Crippen LogP contribution in [0.3, 0.4) is 0 Å². The second-order valence-corrected chi connectivity index (χ2v) is 5.48. The monoisotopic (exact) mass is 284 g/mol. The van der Waals surface area contributed by atoms with Gasteiger partial charge < -0.3 is 19.4 Å². The minimum atomic E-state index is -1.35. The number of aliphatic carboxylic acids is 1. The number of hydrogen-bond donors (Lipinski definition) is 0. The van der Waals surface area contributed by atoms with Crippen LogP contribution >= 0.6 is 0 Å². The van der Waals surface area contributed by atoms with Crippen LogP contribution in [0, 0.1) is 11.8 Å². The van der Waals surface area contributed by atoms with Crippen LogP contribution in [0.4, 0.5) is 0 Å². The summed E-state index contributed by atoms with van der Waals surface area (Å²) in [6.45, 7) is 6.52. The van der Waals surface area contributed by atoms with E-state index in [1.54, 1.807) is 0 Å². The average Bonchev–Trinajstić information content (AvgIpc) is 2.23. The van der Waals surface area contributed by atoms with Crippen molar-refractivity contribution in [3.63, 3.8) is 0 Å². The molecule has 1 heterocycles. The highest BCUT2D eigenvalue weighted by Crippen LogP contribution is 2.22. The molecule has 7 heteroatoms. The topological polar surface area (TPSA) is 105 Å². The molecule has 0 radical (unpaired) electrons. The second-order valence-electron chi connectivity index (χ2n) is 5.48. The maximum Gasteiger partial charge on any atom is 0.329 e. The summed E-state index contributed by atoms with van der Waals surface area (Å²) in [5.74, 6) is -5.54. The zero-order valence-electron chi connectivity index (χ0n) is 11.9. The fraction of sp³-hybridized carbons (Fsp3) is 0.692. The maximum atomic E-state index is 11.6. The number of carboxylic acid groups (broad SMARTS) is 1. The van der Waals surface area contributed by atoms with Crippen molar-refractivity contribution in [2.75, 3.05) is 0 Å². The molecule has 0 bridgehead atoms. The molecule has 1 saturated heterocycles. The summed E-state index contributed by atoms with van der Waals surface area (Å²) in [5, 5.41) is 10.9. The van der Waals surface area contributed by atoms with Gasteiger partial charge in [-0.25, -0.2) is 0 Å². The van der Waals surface area contributed by atoms with Crippen molar-refractivity contribution in [3.05, 3.63) is 0 Å². The van der Waals surface area contributed by atoms with E-state index in [2.05, 4.69) is 4.99 Å². The number of carbonyl (C=O) groups is 3. The van der Waals surface area contributed by atoms with Crippen molar-refractivity contribution in [2.45, 2.75) is 45.9 Å². The molecule has 0 N–H and O–H groups in total. The van der Waals surface area contributed by atoms with Crippen LogP contribution in [0.1, 0.15) is 34.1 Å². The Labute approximate surface area is 117 Å². The Morgan fingerprint density at radius 1 is 1.35 bits per heavy atom. The van der Waals surface area contributed by atoms with Gasteiger partial charge in [0.15, 0.2) is 5.92 Å². The molecule has 1 fully saturated rings. The molecule has 0 aromatic carbocycles. The third-order valence-electron chi connectivity index (χ3n) is 2.58. The smallest absolute Gasteiger partial charge is 0.329 e. The quantitative estimate of drug-likeness (QED) is 0.389. The van der Waals surface area contributed by atoms with Crippen LogP contribution in [-0.2, 0) is 23.9 Å². The van der Waals surface area contributed by atoms with E-state index in [4.69, 9.17) is 9.47 Å². The molecule has 0 aromatic heterocycles. The third-order valence-corrected chi connectivity index (χ3v) is 2.58. The SMILES string of the molecule is CC(C)C[C@@H](N=CC1C(=O)OC(C)(C)OC1=O)C(=O)[O-]. The fourth-order valence-corrected chi connectivity index (χ4v) is 1.70. The Morgan fingerprint density at radius 3 is 2.25 bits per heavy atom. The number of hydrogen-bond acceptors (Lipinski definition) is 7. The Balaban J connectivity index is 2.80. The van der Waals surface area contributed by atoms with Gasteiger partial charge >= 0.3 is 11.9 Å². The van der Waals surface area contributed by atoms with Crippen molar-refractivity contribution < 1.29 is 29.0 Å². The van der Waals surface area contributed by atoms with Gasteiger partial charge in [0.25, 0.3) is 5.79 Å². The first-order valence-corrected chi connectivity index (χ1v) is 6.32. The first-order chi connectivity index (χ1) is 9.12. The van der Waals surface area contributed by atoms with Crippen molar-refractivity contribution in [3.8, 4) is 0 Å². The molecule has 112 valence electrons. The maximum absolute atomic E-state index is 11.6. The van der Waals surface area contributed by atoms with Gasteiger partial charge in [0, 0.05) is 20.1 Å². The summed E-state index contributed by atoms with van der Waals surface area (Å²) >= 11 is 0. The van der Waals surface area contributed by atoms with E-state index in [1.165, 1.54) is 13.8 Å². The lowest BCUT2D eigenvalue weighted by Crippen LogP contribution is -2.47. The van der Waals surface area contributed by atoms with Crippen LogP contribution in [0.15, 0.2) is 4.99 Å². The van der Waals surface area contributed by atoms with Gasteiger partial charge in [0.05, 0.1) is 12.0 Å². The lowest BCUT2D eigenvalue weighted by Gasteiger charge is -2.31. The number of ether oxygens (including phenoxy) is 2. The highest BCUT2D eigenvalue weighted by Gasteiger charge is 2.42. The van der Waals surface area contributed by atoms with Gasteiger partial charge in [0.2, 0.25) is 0 Å². The predicted molar refractivity (Wildman–Crippen MR) is 66.5 cm³/mol. The van der Waals surface area contributed by atoms with Crippen LogP contribution in [0.5, 0.6) is 0 Å². The molecule has 20 heavy (non-hydrogen) atoms. The molecule has 1 aliphatic heterocycles. The lowest BCUT2D eigenvalue weighted by atomic mass is 10.0. The first-order valence-electron chi connectivity index (χ1n) is 6.32. The third kappa shape index (κ3) is 4.32. The molecule has 0 aliphatic carbocycles. The van der Waals surface area contributed by atoms with Gasteiger partial charge in [-0.2, -0.15) is 0 Å². The van der Waals surface area contributed by atoms with Crippen molar-refractivity contribution >= 4 is 24.1 Å². The number of aliphatic imine (C=N–C) groups is 1. The fourth-order valence-electron chi connectivity index (χ4n) is 1.70. The standard InChI is InChI=1S/C13H19NO6/c1-7(2)5-9(10(15)16)14-6-8-11(17)19-13(3,4)20-12(8)18/h6-9H,5H2,1-4H3,(H,15,16)/p-1/t9-/m1/s1. The highest BCUT2D eigenvalue weighted by atomic mass is 16.7. The van der Waals surface area contributed by atoms with Crippen LogP contribution in [0.2, 0.25) is 0 Å². The van der Waals surface area contributed by atoms with E-state index in [-0.39, 0.29) is 12.3 Å². The van der Waals surface area contributed by atoms with E-state index in [9.17, 15) is 19.5 Å². The Bertz CT molecular complexity index is 420. The van der Waals surface area contributed by atoms with Crippen molar-refractivity contribution in [2.24, 2.45) is 16.8 Å². The van der Waals surface area contributed by atoms with Gasteiger partial charge in [-0.15, -0.1) is 0 Å². The molecule has 0 saturated carbocycles. The van der Waals surface area contributed by atoms with Crippen LogP contribution in [0.25, 0.3) is 0 Å². The minimum Gasteiger partial charge on any atom is -0.548 e. The molecule has 0 aromatic rings. The number of rotatable bonds is 5. The Hall–Kier alpha value is -1.92. The highest BCUT2D eigenvalue weighted by molar-refractivity contribution is 6.10. The number of cyclic esters (lactones) is 2. The summed E-state index contributed by atoms with van der Waals surface area (Å²) in [6.07, 6.45) is 1.21. The molecule has 0 unspecified atom stereocenters. The molecule has 1 atom stereocenters. The van der Waals surface area contributed by atoms with E-state index in [0.29, 0.717) is 0 Å². The van der Waals surface area contributed by atoms with E-state index >= 15 is 0 Å².